The van der Waals surface area contributed by atoms with E-state index in [0.29, 0.717) is 12.1 Å². The summed E-state index contributed by atoms with van der Waals surface area (Å²) < 4.78 is 39.9. The molecule has 2 heterocycles. The molecule has 1 amide bonds. The summed E-state index contributed by atoms with van der Waals surface area (Å²) in [6.45, 7) is 1.72. The lowest BCUT2D eigenvalue weighted by Crippen LogP contribution is -2.31. The number of aromatic amines is 1. The number of carbonyl (C=O) groups is 1. The van der Waals surface area contributed by atoms with E-state index >= 15 is 0 Å². The average molecular weight is 394 g/mol. The van der Waals surface area contributed by atoms with Crippen molar-refractivity contribution in [3.63, 3.8) is 0 Å². The van der Waals surface area contributed by atoms with Gasteiger partial charge in [-0.05, 0) is 38.2 Å². The van der Waals surface area contributed by atoms with Gasteiger partial charge in [0.25, 0.3) is 5.91 Å². The Kier molecular flexibility index (Phi) is 5.20. The summed E-state index contributed by atoms with van der Waals surface area (Å²) in [6, 6.07) is 7.46. The lowest BCUT2D eigenvalue weighted by molar-refractivity contribution is -0.138. The summed E-state index contributed by atoms with van der Waals surface area (Å²) in [5.74, 6) is -1.25. The summed E-state index contributed by atoms with van der Waals surface area (Å²) in [5.41, 5.74) is 3.14. The van der Waals surface area contributed by atoms with Crippen LogP contribution in [0, 0.1) is 0 Å². The zero-order valence-electron chi connectivity index (χ0n) is 15.5. The first-order valence-electron chi connectivity index (χ1n) is 8.74. The predicted molar refractivity (Wildman–Crippen MR) is 100 cm³/mol. The Bertz CT molecular complexity index is 936. The number of primary amides is 1. The van der Waals surface area contributed by atoms with Gasteiger partial charge < -0.3 is 20.5 Å². The van der Waals surface area contributed by atoms with Crippen molar-refractivity contribution >= 4 is 11.6 Å². The van der Waals surface area contributed by atoms with Crippen molar-refractivity contribution in [1.29, 1.82) is 0 Å². The molecule has 3 rings (SSSR count). The van der Waals surface area contributed by atoms with Crippen molar-refractivity contribution in [3.05, 3.63) is 51.8 Å². The number of carbonyl (C=O) groups excluding carboxylic acids is 1. The Morgan fingerprint density at radius 3 is 2.39 bits per heavy atom. The summed E-state index contributed by atoms with van der Waals surface area (Å²) in [5, 5.41) is 0. The van der Waals surface area contributed by atoms with E-state index in [0.717, 1.165) is 25.2 Å². The summed E-state index contributed by atoms with van der Waals surface area (Å²) >= 11 is 0. The quantitative estimate of drug-likeness (QED) is 0.834. The van der Waals surface area contributed by atoms with Crippen LogP contribution in [0.15, 0.2) is 35.1 Å². The molecule has 1 saturated heterocycles. The molecule has 1 aromatic heterocycles. The van der Waals surface area contributed by atoms with E-state index < -0.39 is 28.8 Å². The topological polar surface area (TPSA) is 82.4 Å². The molecule has 3 N–H and O–H groups in total. The number of amides is 1. The monoisotopic (exact) mass is 394 g/mol. The van der Waals surface area contributed by atoms with Crippen LogP contribution in [-0.2, 0) is 6.18 Å². The number of hydrogen-bond acceptors (Lipinski definition) is 4. The Morgan fingerprint density at radius 1 is 1.25 bits per heavy atom. The van der Waals surface area contributed by atoms with Crippen molar-refractivity contribution in [3.8, 4) is 11.3 Å². The van der Waals surface area contributed by atoms with Crippen molar-refractivity contribution in [1.82, 2.24) is 9.88 Å². The number of benzene rings is 1. The van der Waals surface area contributed by atoms with E-state index in [1.54, 1.807) is 24.3 Å². The minimum atomic E-state index is -4.87. The normalized spacial score (nSPS) is 17.4. The van der Waals surface area contributed by atoms with Gasteiger partial charge >= 0.3 is 6.18 Å². The van der Waals surface area contributed by atoms with E-state index in [4.69, 9.17) is 5.73 Å². The maximum Gasteiger partial charge on any atom is 0.417 e. The molecule has 150 valence electrons. The number of aromatic nitrogens is 1. The van der Waals surface area contributed by atoms with Gasteiger partial charge in [-0.25, -0.2) is 0 Å². The molecule has 1 aliphatic heterocycles. The zero-order valence-corrected chi connectivity index (χ0v) is 15.5. The lowest BCUT2D eigenvalue weighted by Gasteiger charge is -2.22. The van der Waals surface area contributed by atoms with E-state index in [9.17, 15) is 22.8 Å². The Balaban J connectivity index is 2.00. The van der Waals surface area contributed by atoms with E-state index in [1.165, 1.54) is 0 Å². The fourth-order valence-electron chi connectivity index (χ4n) is 3.49. The molecule has 0 unspecified atom stereocenters. The molecule has 9 heteroatoms. The minimum absolute atomic E-state index is 0.230. The molecule has 0 saturated carbocycles. The summed E-state index contributed by atoms with van der Waals surface area (Å²) in [6.07, 6.45) is -3.86. The molecule has 0 spiro atoms. The molecule has 1 atom stereocenters. The standard InChI is InChI=1S/C19H21F3N4O2/c1-25(2)13-7-8-26(10-13)12-5-3-11(4-6-12)17-16(18(23)28)14(19(20,21)22)9-15(27)24-17/h3-6,9,13H,7-8,10H2,1-2H3,(H2,23,28)(H,24,27)/t13-/m1/s1. The molecule has 28 heavy (non-hydrogen) atoms. The maximum atomic E-state index is 13.3. The smallest absolute Gasteiger partial charge is 0.370 e. The van der Waals surface area contributed by atoms with Crippen molar-refractivity contribution < 1.29 is 18.0 Å². The highest BCUT2D eigenvalue weighted by atomic mass is 19.4. The number of anilines is 1. The third-order valence-corrected chi connectivity index (χ3v) is 5.01. The fourth-order valence-corrected chi connectivity index (χ4v) is 3.49. The van der Waals surface area contributed by atoms with Crippen molar-refractivity contribution in [2.45, 2.75) is 18.6 Å². The first-order valence-corrected chi connectivity index (χ1v) is 8.74. The summed E-state index contributed by atoms with van der Waals surface area (Å²) in [4.78, 5) is 30.2. The van der Waals surface area contributed by atoms with Crippen LogP contribution in [0.4, 0.5) is 18.9 Å². The lowest BCUT2D eigenvalue weighted by atomic mass is 9.99. The molecule has 0 bridgehead atoms. The van der Waals surface area contributed by atoms with Gasteiger partial charge in [0.05, 0.1) is 16.8 Å². The molecule has 1 fully saturated rings. The van der Waals surface area contributed by atoms with E-state index in [-0.39, 0.29) is 11.3 Å². The zero-order chi connectivity index (χ0) is 20.6. The van der Waals surface area contributed by atoms with Gasteiger partial charge in [-0.15, -0.1) is 0 Å². The van der Waals surface area contributed by atoms with Crippen LogP contribution in [0.5, 0.6) is 0 Å². The summed E-state index contributed by atoms with van der Waals surface area (Å²) in [7, 11) is 4.04. The third kappa shape index (κ3) is 3.89. The van der Waals surface area contributed by atoms with Gasteiger partial charge in [-0.3, -0.25) is 9.59 Å². The SMILES string of the molecule is CN(C)[C@@H]1CCN(c2ccc(-c3[nH]c(=O)cc(C(F)(F)F)c3C(N)=O)cc2)C1. The van der Waals surface area contributed by atoms with Crippen LogP contribution in [0.2, 0.25) is 0 Å². The van der Waals surface area contributed by atoms with E-state index in [2.05, 4.69) is 14.8 Å². The number of nitrogens with one attached hydrogen (secondary N) is 1. The molecule has 0 radical (unpaired) electrons. The average Bonchev–Trinajstić information content (AvgIpc) is 3.10. The second-order valence-electron chi connectivity index (χ2n) is 7.06. The van der Waals surface area contributed by atoms with Crippen LogP contribution < -0.4 is 16.2 Å². The number of pyridine rings is 1. The van der Waals surface area contributed by atoms with Crippen LogP contribution in [0.25, 0.3) is 11.3 Å². The van der Waals surface area contributed by atoms with Crippen LogP contribution in [0.1, 0.15) is 22.3 Å². The third-order valence-electron chi connectivity index (χ3n) is 5.01. The van der Waals surface area contributed by atoms with Crippen molar-refractivity contribution in [2.75, 3.05) is 32.1 Å². The van der Waals surface area contributed by atoms with Crippen LogP contribution in [0.3, 0.4) is 0 Å². The van der Waals surface area contributed by atoms with Gasteiger partial charge in [-0.2, -0.15) is 13.2 Å². The highest BCUT2D eigenvalue weighted by molar-refractivity contribution is 6.00. The van der Waals surface area contributed by atoms with Crippen LogP contribution in [-0.4, -0.2) is 49.0 Å². The number of hydrogen-bond donors (Lipinski definition) is 2. The molecule has 2 aromatic rings. The highest BCUT2D eigenvalue weighted by Crippen LogP contribution is 2.35. The Labute approximate surface area is 159 Å². The number of alkyl halides is 3. The van der Waals surface area contributed by atoms with Gasteiger partial charge in [0, 0.05) is 30.9 Å². The molecular weight excluding hydrogens is 373 g/mol. The number of halogens is 3. The highest BCUT2D eigenvalue weighted by Gasteiger charge is 2.37. The van der Waals surface area contributed by atoms with Crippen molar-refractivity contribution in [2.24, 2.45) is 5.73 Å². The number of nitrogens with two attached hydrogens (primary N) is 1. The van der Waals surface area contributed by atoms with Gasteiger partial charge in [-0.1, -0.05) is 12.1 Å². The molecule has 6 nitrogen and oxygen atoms in total. The largest absolute Gasteiger partial charge is 0.417 e. The molecular formula is C19H21F3N4O2. The first kappa shape index (κ1) is 19.9. The minimum Gasteiger partial charge on any atom is -0.370 e. The maximum absolute atomic E-state index is 13.3. The molecule has 1 aliphatic rings. The number of nitrogens with zero attached hydrogens (tertiary/aromatic N) is 2. The van der Waals surface area contributed by atoms with E-state index in [1.807, 2.05) is 14.1 Å². The fraction of sp³-hybridized carbons (Fsp3) is 0.368. The second kappa shape index (κ2) is 7.31. The number of rotatable bonds is 4. The van der Waals surface area contributed by atoms with Gasteiger partial charge in [0.2, 0.25) is 5.56 Å². The Morgan fingerprint density at radius 2 is 1.89 bits per heavy atom. The molecule has 1 aromatic carbocycles. The molecule has 0 aliphatic carbocycles. The predicted octanol–water partition coefficient (Wildman–Crippen LogP) is 2.30. The first-order chi connectivity index (χ1) is 13.1. The van der Waals surface area contributed by atoms with Gasteiger partial charge in [0.1, 0.15) is 0 Å². The number of H-pyrrole nitrogens is 1. The number of likely N-dealkylation sites (N-methyl/N-ethyl adjacent to an activating group) is 1. The van der Waals surface area contributed by atoms with Crippen LogP contribution >= 0.6 is 0 Å². The van der Waals surface area contributed by atoms with Gasteiger partial charge in [0.15, 0.2) is 0 Å². The second-order valence-corrected chi connectivity index (χ2v) is 7.06. The Hall–Kier alpha value is -2.81.